The molecular formula is C42H43N4+. The highest BCUT2D eigenvalue weighted by molar-refractivity contribution is 6.03. The van der Waals surface area contributed by atoms with Gasteiger partial charge in [0.2, 0.25) is 11.4 Å². The number of nitrogens with two attached hydrogens (primary N) is 1. The Morgan fingerprint density at radius 1 is 0.652 bits per heavy atom. The SMILES string of the molecule is C/C=C\C(=C/C=[N+]1c2ccccc2-c2cc3ccccc3cc21)CNN.C=N.Cc1ccc2ccccc2c1.Cc1ccccc1. The molecule has 0 radical (unpaired) electrons. The smallest absolute Gasteiger partial charge is 0.219 e. The monoisotopic (exact) mass is 603 g/mol. The number of benzene rings is 6. The molecule has 4 N–H and O–H groups in total. The molecule has 4 nitrogen and oxygen atoms in total. The van der Waals surface area contributed by atoms with Crippen molar-refractivity contribution >= 4 is 45.9 Å². The van der Waals surface area contributed by atoms with E-state index in [1.54, 1.807) is 0 Å². The van der Waals surface area contributed by atoms with Crippen molar-refractivity contribution in [2.45, 2.75) is 20.8 Å². The van der Waals surface area contributed by atoms with E-state index >= 15 is 0 Å². The fourth-order valence-corrected chi connectivity index (χ4v) is 5.36. The highest BCUT2D eigenvalue weighted by Gasteiger charge is 2.31. The molecule has 1 heterocycles. The topological polar surface area (TPSA) is 64.9 Å². The first-order valence-electron chi connectivity index (χ1n) is 15.4. The maximum atomic E-state index is 5.51. The molecule has 1 aliphatic rings. The zero-order chi connectivity index (χ0) is 32.7. The molecule has 0 atom stereocenters. The van der Waals surface area contributed by atoms with Gasteiger partial charge in [0.15, 0.2) is 6.21 Å². The molecule has 0 spiro atoms. The Morgan fingerprint density at radius 3 is 1.87 bits per heavy atom. The number of hydrogen-bond donors (Lipinski definition) is 3. The van der Waals surface area contributed by atoms with E-state index in [-0.39, 0.29) is 0 Å². The number of aryl methyl sites for hydroxylation is 2. The third-order valence-electron chi connectivity index (χ3n) is 7.55. The van der Waals surface area contributed by atoms with Gasteiger partial charge in [-0.15, -0.1) is 0 Å². The Bertz CT molecular complexity index is 1970. The van der Waals surface area contributed by atoms with Gasteiger partial charge in [0.05, 0.1) is 11.1 Å². The Hall–Kier alpha value is -5.42. The highest BCUT2D eigenvalue weighted by Crippen LogP contribution is 2.46. The molecule has 0 fully saturated rings. The number of allylic oxidation sites excluding steroid dienone is 2. The number of fused-ring (bicyclic) bond motifs is 5. The lowest BCUT2D eigenvalue weighted by atomic mass is 10.0. The molecule has 0 unspecified atom stereocenters. The standard InChI is InChI=1S/C23H22N3.C11H10.C7H8.CH3N/c1-2-7-17(16-25-24)12-13-26-22-11-6-5-10-20(22)21-14-18-8-3-4-9-19(18)15-23(21)26;1-9-6-7-10-4-2-3-5-11(10)8-9;1-7-5-3-2-4-6-7;1-2/h2-15,25H,16,24H2,1H3;2-8H,1H3;2-6H,1H3;2H,1H2/q+1;;;/b7-2-,17-12+,26-13?;;;. The third-order valence-corrected chi connectivity index (χ3v) is 7.55. The van der Waals surface area contributed by atoms with Crippen LogP contribution in [0.1, 0.15) is 18.1 Å². The van der Waals surface area contributed by atoms with Gasteiger partial charge in [-0.3, -0.25) is 11.3 Å². The van der Waals surface area contributed by atoms with Crippen molar-refractivity contribution in [2.24, 2.45) is 5.84 Å². The Morgan fingerprint density at radius 2 is 1.24 bits per heavy atom. The van der Waals surface area contributed by atoms with Gasteiger partial charge in [0.1, 0.15) is 0 Å². The minimum absolute atomic E-state index is 0.626. The van der Waals surface area contributed by atoms with Crippen molar-refractivity contribution in [3.63, 3.8) is 0 Å². The Labute approximate surface area is 273 Å². The largest absolute Gasteiger partial charge is 0.317 e. The number of nitrogens with one attached hydrogen (secondary N) is 2. The molecule has 0 saturated heterocycles. The van der Waals surface area contributed by atoms with Crippen LogP contribution in [0, 0.1) is 19.3 Å². The normalized spacial score (nSPS) is 12.3. The fourth-order valence-electron chi connectivity index (χ4n) is 5.36. The molecular weight excluding hydrogens is 560 g/mol. The molecule has 0 saturated carbocycles. The molecule has 6 aromatic carbocycles. The van der Waals surface area contributed by atoms with Gasteiger partial charge < -0.3 is 5.41 Å². The summed E-state index contributed by atoms with van der Waals surface area (Å²) in [4.78, 5) is 0. The second-order valence-corrected chi connectivity index (χ2v) is 10.9. The van der Waals surface area contributed by atoms with Gasteiger partial charge in [0.25, 0.3) is 0 Å². The van der Waals surface area contributed by atoms with Crippen molar-refractivity contribution in [1.82, 2.24) is 10.0 Å². The van der Waals surface area contributed by atoms with Gasteiger partial charge in [-0.1, -0.05) is 132 Å². The zero-order valence-electron chi connectivity index (χ0n) is 26.9. The van der Waals surface area contributed by atoms with Crippen molar-refractivity contribution in [2.75, 3.05) is 6.54 Å². The summed E-state index contributed by atoms with van der Waals surface area (Å²) >= 11 is 0. The van der Waals surface area contributed by atoms with Crippen LogP contribution >= 0.6 is 0 Å². The minimum Gasteiger partial charge on any atom is -0.317 e. The molecule has 0 bridgehead atoms. The summed E-state index contributed by atoms with van der Waals surface area (Å²) in [5.41, 5.74) is 11.5. The predicted molar refractivity (Wildman–Crippen MR) is 202 cm³/mol. The number of nitrogens with zero attached hydrogens (tertiary/aromatic N) is 1. The van der Waals surface area contributed by atoms with Gasteiger partial charge in [-0.05, 0) is 66.7 Å². The maximum Gasteiger partial charge on any atom is 0.219 e. The first kappa shape index (κ1) is 33.5. The van der Waals surface area contributed by atoms with Gasteiger partial charge in [-0.25, -0.2) is 0 Å². The van der Waals surface area contributed by atoms with E-state index in [0.717, 1.165) is 5.57 Å². The summed E-state index contributed by atoms with van der Waals surface area (Å²) in [5, 5.41) is 10.7. The minimum atomic E-state index is 0.626. The van der Waals surface area contributed by atoms with Crippen LogP contribution in [-0.4, -0.2) is 19.5 Å². The third kappa shape index (κ3) is 8.60. The van der Waals surface area contributed by atoms with Crippen LogP contribution < -0.4 is 15.8 Å². The van der Waals surface area contributed by atoms with E-state index < -0.39 is 0 Å². The second-order valence-electron chi connectivity index (χ2n) is 10.9. The predicted octanol–water partition coefficient (Wildman–Crippen LogP) is 10.1. The molecule has 4 heteroatoms. The summed E-state index contributed by atoms with van der Waals surface area (Å²) in [6.45, 7) is 9.34. The Balaban J connectivity index is 0.000000196. The van der Waals surface area contributed by atoms with Crippen LogP contribution in [-0.2, 0) is 0 Å². The van der Waals surface area contributed by atoms with Crippen LogP contribution in [0.3, 0.4) is 0 Å². The van der Waals surface area contributed by atoms with E-state index in [1.807, 2.05) is 31.2 Å². The lowest BCUT2D eigenvalue weighted by molar-refractivity contribution is 0.807. The van der Waals surface area contributed by atoms with Crippen LogP contribution in [0.2, 0.25) is 0 Å². The van der Waals surface area contributed by atoms with Gasteiger partial charge >= 0.3 is 0 Å². The number of rotatable bonds is 4. The van der Waals surface area contributed by atoms with Crippen LogP contribution in [0.25, 0.3) is 32.7 Å². The highest BCUT2D eigenvalue weighted by atomic mass is 15.2. The zero-order valence-corrected chi connectivity index (χ0v) is 26.9. The molecule has 0 amide bonds. The molecule has 1 aliphatic heterocycles. The van der Waals surface area contributed by atoms with Crippen molar-refractivity contribution in [3.8, 4) is 11.1 Å². The maximum absolute atomic E-state index is 5.51. The second kappa shape index (κ2) is 17.2. The van der Waals surface area contributed by atoms with E-state index in [0.29, 0.717) is 6.54 Å². The van der Waals surface area contributed by atoms with Crippen molar-refractivity contribution < 1.29 is 0 Å². The lowest BCUT2D eigenvalue weighted by Crippen LogP contribution is -2.24. The first-order chi connectivity index (χ1) is 22.6. The number of para-hydroxylation sites is 1. The van der Waals surface area contributed by atoms with Crippen LogP contribution in [0.5, 0.6) is 0 Å². The molecule has 46 heavy (non-hydrogen) atoms. The number of hydrogen-bond acceptors (Lipinski definition) is 3. The summed E-state index contributed by atoms with van der Waals surface area (Å²) in [6.07, 6.45) is 8.34. The summed E-state index contributed by atoms with van der Waals surface area (Å²) in [7, 11) is 0. The van der Waals surface area contributed by atoms with Crippen LogP contribution in [0.4, 0.5) is 11.4 Å². The average Bonchev–Trinajstić information content (AvgIpc) is 3.40. The van der Waals surface area contributed by atoms with Crippen LogP contribution in [0.15, 0.2) is 157 Å². The fraction of sp³-hybridized carbons (Fsp3) is 0.0952. The molecule has 0 aliphatic carbocycles. The van der Waals surface area contributed by atoms with E-state index in [1.165, 1.54) is 55.2 Å². The first-order valence-corrected chi connectivity index (χ1v) is 15.4. The van der Waals surface area contributed by atoms with Crippen molar-refractivity contribution in [1.29, 1.82) is 5.41 Å². The summed E-state index contributed by atoms with van der Waals surface area (Å²) < 4.78 is 2.26. The van der Waals surface area contributed by atoms with Gasteiger partial charge in [-0.2, -0.15) is 4.58 Å². The molecule has 6 aromatic rings. The van der Waals surface area contributed by atoms with E-state index in [2.05, 4.69) is 164 Å². The molecule has 230 valence electrons. The van der Waals surface area contributed by atoms with Crippen molar-refractivity contribution in [3.05, 3.63) is 168 Å². The summed E-state index contributed by atoms with van der Waals surface area (Å²) in [5.74, 6) is 5.51. The molecule has 7 rings (SSSR count). The quantitative estimate of drug-likeness (QED) is 0.0616. The van der Waals surface area contributed by atoms with Gasteiger partial charge in [0, 0.05) is 24.8 Å². The summed E-state index contributed by atoms with van der Waals surface area (Å²) in [6, 6.07) is 46.8. The Kier molecular flexibility index (Phi) is 12.5. The lowest BCUT2D eigenvalue weighted by Gasteiger charge is -2.01. The average molecular weight is 604 g/mol. The van der Waals surface area contributed by atoms with E-state index in [4.69, 9.17) is 11.3 Å². The van der Waals surface area contributed by atoms with E-state index in [9.17, 15) is 0 Å². The number of hydrazine groups is 1. The molecule has 0 aromatic heterocycles.